The number of amides is 1. The first-order valence-electron chi connectivity index (χ1n) is 8.85. The molecule has 134 valence electrons. The molecule has 0 radical (unpaired) electrons. The average Bonchev–Trinajstić information content (AvgIpc) is 2.47. The van der Waals surface area contributed by atoms with Crippen molar-refractivity contribution in [3.63, 3.8) is 0 Å². The monoisotopic (exact) mass is 349 g/mol. The molecule has 0 bridgehead atoms. The molecular weight excluding hydrogens is 318 g/mol. The highest BCUT2D eigenvalue weighted by Gasteiger charge is 2.44. The number of carbonyl (C=O) groups excluding carboxylic acids is 2. The smallest absolute Gasteiger partial charge is 0.220 e. The summed E-state index contributed by atoms with van der Waals surface area (Å²) in [7, 11) is -1.85. The number of likely N-dealkylation sites (tertiary alicyclic amines) is 1. The molecule has 1 aliphatic carbocycles. The van der Waals surface area contributed by atoms with Crippen LogP contribution in [0.3, 0.4) is 0 Å². The predicted octanol–water partition coefficient (Wildman–Crippen LogP) is 3.84. The van der Waals surface area contributed by atoms with Gasteiger partial charge in [0.1, 0.15) is 0 Å². The van der Waals surface area contributed by atoms with Gasteiger partial charge in [-0.25, -0.2) is 0 Å². The Hall–Kier alpha value is -1.20. The molecule has 1 heterocycles. The van der Waals surface area contributed by atoms with E-state index in [0.29, 0.717) is 6.61 Å². The lowest BCUT2D eigenvalue weighted by Gasteiger charge is -2.50. The molecule has 1 saturated heterocycles. The fourth-order valence-electron chi connectivity index (χ4n) is 3.33. The Morgan fingerprint density at radius 2 is 1.92 bits per heavy atom. The van der Waals surface area contributed by atoms with Crippen LogP contribution in [0.5, 0.6) is 0 Å². The molecule has 1 aliphatic heterocycles. The van der Waals surface area contributed by atoms with Gasteiger partial charge in [0.05, 0.1) is 18.2 Å². The number of piperidine rings is 1. The molecule has 1 atom stereocenters. The van der Waals surface area contributed by atoms with Crippen LogP contribution in [0.25, 0.3) is 0 Å². The third kappa shape index (κ3) is 3.72. The number of nitrogens with zero attached hydrogens (tertiary/aromatic N) is 1. The molecule has 2 rings (SSSR count). The molecule has 0 unspecified atom stereocenters. The first kappa shape index (κ1) is 19.1. The number of ketones is 1. The Morgan fingerprint density at radius 3 is 2.42 bits per heavy atom. The van der Waals surface area contributed by atoms with Gasteiger partial charge in [-0.2, -0.15) is 0 Å². The summed E-state index contributed by atoms with van der Waals surface area (Å²) >= 11 is 0. The molecule has 4 nitrogen and oxygen atoms in total. The second-order valence-corrected chi connectivity index (χ2v) is 13.4. The maximum Gasteiger partial charge on any atom is 0.220 e. The maximum atomic E-state index is 12.4. The lowest BCUT2D eigenvalue weighted by Crippen LogP contribution is -2.59. The van der Waals surface area contributed by atoms with E-state index in [-0.39, 0.29) is 22.8 Å². The van der Waals surface area contributed by atoms with E-state index in [1.807, 2.05) is 17.1 Å². The number of carbonyl (C=O) groups is 2. The predicted molar refractivity (Wildman–Crippen MR) is 99.3 cm³/mol. The molecule has 1 spiro atoms. The van der Waals surface area contributed by atoms with E-state index >= 15 is 0 Å². The fourth-order valence-corrected chi connectivity index (χ4v) is 4.37. The zero-order valence-electron chi connectivity index (χ0n) is 15.9. The summed E-state index contributed by atoms with van der Waals surface area (Å²) in [6, 6.07) is 0.0628. The van der Waals surface area contributed by atoms with Crippen molar-refractivity contribution in [3.8, 4) is 0 Å². The quantitative estimate of drug-likeness (QED) is 0.727. The molecule has 0 aromatic rings. The van der Waals surface area contributed by atoms with Gasteiger partial charge in [-0.1, -0.05) is 32.9 Å². The Bertz CT molecular complexity index is 556. The number of hydrogen-bond donors (Lipinski definition) is 0. The molecule has 1 fully saturated rings. The summed E-state index contributed by atoms with van der Waals surface area (Å²) < 4.78 is 6.40. The number of allylic oxidation sites excluding steroid dienone is 2. The zero-order chi connectivity index (χ0) is 18.2. The molecule has 0 N–H and O–H groups in total. The third-order valence-electron chi connectivity index (χ3n) is 5.78. The first-order chi connectivity index (χ1) is 11.0. The van der Waals surface area contributed by atoms with E-state index in [1.165, 1.54) is 0 Å². The first-order valence-corrected chi connectivity index (χ1v) is 11.8. The molecule has 0 aromatic carbocycles. The summed E-state index contributed by atoms with van der Waals surface area (Å²) in [4.78, 5) is 25.9. The van der Waals surface area contributed by atoms with E-state index in [9.17, 15) is 9.59 Å². The summed E-state index contributed by atoms with van der Waals surface area (Å²) in [6.45, 7) is 13.3. The average molecular weight is 350 g/mol. The summed E-state index contributed by atoms with van der Waals surface area (Å²) in [5.41, 5.74) is -0.459. The summed E-state index contributed by atoms with van der Waals surface area (Å²) in [5, 5.41) is 0.150. The summed E-state index contributed by atoms with van der Waals surface area (Å²) in [5.74, 6) is 0.0333. The van der Waals surface area contributed by atoms with Crippen molar-refractivity contribution in [1.82, 2.24) is 4.90 Å². The van der Waals surface area contributed by atoms with Crippen molar-refractivity contribution in [2.75, 3.05) is 6.61 Å². The Balaban J connectivity index is 2.21. The van der Waals surface area contributed by atoms with E-state index in [2.05, 4.69) is 33.9 Å². The molecule has 5 heteroatoms. The number of rotatable bonds is 3. The van der Waals surface area contributed by atoms with Crippen LogP contribution in [0.4, 0.5) is 0 Å². The van der Waals surface area contributed by atoms with Crippen LogP contribution in [0.1, 0.15) is 47.0 Å². The van der Waals surface area contributed by atoms with Crippen LogP contribution < -0.4 is 0 Å². The van der Waals surface area contributed by atoms with Crippen LogP contribution in [0, 0.1) is 0 Å². The van der Waals surface area contributed by atoms with E-state index in [4.69, 9.17) is 4.43 Å². The van der Waals surface area contributed by atoms with Gasteiger partial charge in [-0.3, -0.25) is 9.59 Å². The van der Waals surface area contributed by atoms with Gasteiger partial charge in [0.25, 0.3) is 0 Å². The summed E-state index contributed by atoms with van der Waals surface area (Å²) in [6.07, 6.45) is 9.82. The molecular formula is C19H31NO3Si. The van der Waals surface area contributed by atoms with Crippen molar-refractivity contribution in [1.29, 1.82) is 0 Å². The Morgan fingerprint density at radius 1 is 1.33 bits per heavy atom. The standard InChI is InChI=1S/C19H31NO3Si/c1-15(21)20-16(14-23-24(5,6)18(2,3)4)8-7-11-19(20)12-9-17(22)10-13-19/h9-10,12-13,16H,7-8,11,14H2,1-6H3/t16-/m1/s1. The molecule has 0 aromatic heterocycles. The van der Waals surface area contributed by atoms with E-state index in [1.54, 1.807) is 19.1 Å². The minimum atomic E-state index is -1.85. The van der Waals surface area contributed by atoms with Crippen LogP contribution >= 0.6 is 0 Å². The lowest BCUT2D eigenvalue weighted by atomic mass is 9.80. The van der Waals surface area contributed by atoms with Crippen LogP contribution in [0.15, 0.2) is 24.3 Å². The molecule has 24 heavy (non-hydrogen) atoms. The Labute approximate surface area is 147 Å². The van der Waals surface area contributed by atoms with Crippen molar-refractivity contribution in [2.24, 2.45) is 0 Å². The largest absolute Gasteiger partial charge is 0.415 e. The second-order valence-electron chi connectivity index (χ2n) is 8.57. The van der Waals surface area contributed by atoms with Gasteiger partial charge in [0.2, 0.25) is 5.91 Å². The van der Waals surface area contributed by atoms with Gasteiger partial charge < -0.3 is 9.33 Å². The van der Waals surface area contributed by atoms with E-state index < -0.39 is 13.9 Å². The lowest BCUT2D eigenvalue weighted by molar-refractivity contribution is -0.139. The second kappa shape index (κ2) is 6.60. The molecule has 2 aliphatic rings. The highest BCUT2D eigenvalue weighted by Crippen LogP contribution is 2.39. The van der Waals surface area contributed by atoms with Gasteiger partial charge in [0, 0.05) is 6.92 Å². The fraction of sp³-hybridized carbons (Fsp3) is 0.684. The van der Waals surface area contributed by atoms with Crippen molar-refractivity contribution < 1.29 is 14.0 Å². The zero-order valence-corrected chi connectivity index (χ0v) is 16.9. The minimum absolute atomic E-state index is 0.0104. The van der Waals surface area contributed by atoms with Crippen LogP contribution in [-0.4, -0.2) is 43.1 Å². The Kier molecular flexibility index (Phi) is 5.26. The maximum absolute atomic E-state index is 12.4. The normalized spacial score (nSPS) is 23.8. The van der Waals surface area contributed by atoms with Crippen LogP contribution in [0.2, 0.25) is 18.1 Å². The van der Waals surface area contributed by atoms with E-state index in [0.717, 1.165) is 19.3 Å². The number of hydrogen-bond acceptors (Lipinski definition) is 3. The molecule has 1 amide bonds. The van der Waals surface area contributed by atoms with Crippen molar-refractivity contribution >= 4 is 20.0 Å². The highest BCUT2D eigenvalue weighted by atomic mass is 28.4. The van der Waals surface area contributed by atoms with Gasteiger partial charge >= 0.3 is 0 Å². The van der Waals surface area contributed by atoms with Gasteiger partial charge in [0.15, 0.2) is 14.1 Å². The van der Waals surface area contributed by atoms with Crippen LogP contribution in [-0.2, 0) is 14.0 Å². The topological polar surface area (TPSA) is 46.6 Å². The van der Waals surface area contributed by atoms with Gasteiger partial charge in [-0.05, 0) is 49.5 Å². The minimum Gasteiger partial charge on any atom is -0.415 e. The molecule has 0 saturated carbocycles. The third-order valence-corrected chi connectivity index (χ3v) is 10.3. The van der Waals surface area contributed by atoms with Gasteiger partial charge in [-0.15, -0.1) is 0 Å². The van der Waals surface area contributed by atoms with Crippen molar-refractivity contribution in [2.45, 2.75) is 76.7 Å². The highest BCUT2D eigenvalue weighted by molar-refractivity contribution is 6.74. The van der Waals surface area contributed by atoms with Crippen molar-refractivity contribution in [3.05, 3.63) is 24.3 Å². The SMILES string of the molecule is CC(=O)N1[C@@H](CO[Si](C)(C)C(C)(C)C)CCCC12C=CC(=O)C=C2.